The third kappa shape index (κ3) is 5.05. The summed E-state index contributed by atoms with van der Waals surface area (Å²) >= 11 is 0. The largest absolute Gasteiger partial charge is 0.456 e. The van der Waals surface area contributed by atoms with Crippen LogP contribution in [0, 0.1) is 0 Å². The first-order valence-corrected chi connectivity index (χ1v) is 21.9. The predicted molar refractivity (Wildman–Crippen MR) is 268 cm³/mol. The summed E-state index contributed by atoms with van der Waals surface area (Å²) in [5, 5.41) is 9.59. The molecule has 14 aromatic rings. The highest BCUT2D eigenvalue weighted by Crippen LogP contribution is 2.42. The van der Waals surface area contributed by atoms with Gasteiger partial charge in [0.15, 0.2) is 0 Å². The van der Waals surface area contributed by atoms with E-state index >= 15 is 0 Å². The van der Waals surface area contributed by atoms with Gasteiger partial charge in [-0.15, -0.1) is 0 Å². The molecule has 64 heavy (non-hydrogen) atoms. The first kappa shape index (κ1) is 35.0. The summed E-state index contributed by atoms with van der Waals surface area (Å²) in [6.45, 7) is 0. The zero-order valence-corrected chi connectivity index (χ0v) is 34.6. The van der Waals surface area contributed by atoms with Crippen molar-refractivity contribution in [2.24, 2.45) is 0 Å². The third-order valence-electron chi connectivity index (χ3n) is 13.4. The Hall–Kier alpha value is -8.60. The molecule has 0 spiro atoms. The Bertz CT molecular complexity index is 4140. The summed E-state index contributed by atoms with van der Waals surface area (Å²) in [7, 11) is 0. The van der Waals surface area contributed by atoms with Gasteiger partial charge >= 0.3 is 0 Å². The van der Waals surface area contributed by atoms with Crippen molar-refractivity contribution in [3.63, 3.8) is 0 Å². The first-order chi connectivity index (χ1) is 31.7. The van der Waals surface area contributed by atoms with Crippen LogP contribution in [0.4, 0.5) is 0 Å². The van der Waals surface area contributed by atoms with Crippen LogP contribution < -0.4 is 0 Å². The number of aromatic nitrogens is 3. The van der Waals surface area contributed by atoms with E-state index in [-0.39, 0.29) is 0 Å². The Labute approximate surface area is 367 Å². The molecular formula is C60H37N3O. The molecule has 4 aromatic heterocycles. The zero-order valence-electron chi connectivity index (χ0n) is 34.6. The summed E-state index contributed by atoms with van der Waals surface area (Å²) in [6, 6.07) is 81.4. The molecule has 0 bridgehead atoms. The number of furan rings is 1. The molecule has 0 fully saturated rings. The highest BCUT2D eigenvalue weighted by molar-refractivity contribution is 6.16. The van der Waals surface area contributed by atoms with E-state index in [1.807, 2.05) is 0 Å². The van der Waals surface area contributed by atoms with Gasteiger partial charge in [-0.2, -0.15) is 0 Å². The van der Waals surface area contributed by atoms with Crippen LogP contribution in [0.2, 0.25) is 0 Å². The number of hydrogen-bond donors (Lipinski definition) is 0. The predicted octanol–water partition coefficient (Wildman–Crippen LogP) is 16.2. The van der Waals surface area contributed by atoms with Crippen LogP contribution in [0.25, 0.3) is 127 Å². The monoisotopic (exact) mass is 815 g/mol. The summed E-state index contributed by atoms with van der Waals surface area (Å²) in [5.41, 5.74) is 16.8. The number of fused-ring (bicyclic) bond motifs is 12. The van der Waals surface area contributed by atoms with Crippen molar-refractivity contribution in [2.75, 3.05) is 0 Å². The minimum atomic E-state index is 0.867. The molecule has 14 rings (SSSR count). The first-order valence-electron chi connectivity index (χ1n) is 21.9. The number of hydrogen-bond acceptors (Lipinski definition) is 1. The molecule has 0 atom stereocenters. The van der Waals surface area contributed by atoms with Crippen molar-refractivity contribution in [2.45, 2.75) is 0 Å². The zero-order chi connectivity index (χ0) is 41.9. The van der Waals surface area contributed by atoms with Crippen molar-refractivity contribution in [3.8, 4) is 39.3 Å². The summed E-state index contributed by atoms with van der Waals surface area (Å²) in [4.78, 5) is 0. The Kier molecular flexibility index (Phi) is 7.36. The van der Waals surface area contributed by atoms with Gasteiger partial charge in [0.05, 0.1) is 44.2 Å². The van der Waals surface area contributed by atoms with Crippen LogP contribution in [-0.2, 0) is 0 Å². The van der Waals surface area contributed by atoms with Crippen molar-refractivity contribution in [1.82, 2.24) is 13.7 Å². The van der Waals surface area contributed by atoms with Crippen LogP contribution >= 0.6 is 0 Å². The van der Waals surface area contributed by atoms with E-state index < -0.39 is 0 Å². The van der Waals surface area contributed by atoms with Crippen molar-refractivity contribution < 1.29 is 4.42 Å². The lowest BCUT2D eigenvalue weighted by atomic mass is 9.98. The summed E-state index contributed by atoms with van der Waals surface area (Å²) < 4.78 is 14.0. The van der Waals surface area contributed by atoms with E-state index in [0.717, 1.165) is 61.2 Å². The maximum atomic E-state index is 6.74. The Morgan fingerprint density at radius 3 is 1.42 bits per heavy atom. The van der Waals surface area contributed by atoms with Crippen molar-refractivity contribution >= 4 is 87.4 Å². The number of rotatable bonds is 5. The van der Waals surface area contributed by atoms with Gasteiger partial charge in [0, 0.05) is 49.1 Å². The molecule has 4 nitrogen and oxygen atoms in total. The molecule has 298 valence electrons. The van der Waals surface area contributed by atoms with E-state index in [1.165, 1.54) is 65.5 Å². The molecule has 0 aliphatic carbocycles. The lowest BCUT2D eigenvalue weighted by Crippen LogP contribution is -1.98. The quantitative estimate of drug-likeness (QED) is 0.170. The highest BCUT2D eigenvalue weighted by Gasteiger charge is 2.21. The molecule has 4 heteroatoms. The van der Waals surface area contributed by atoms with Crippen LogP contribution in [0.1, 0.15) is 0 Å². The van der Waals surface area contributed by atoms with E-state index in [0.29, 0.717) is 0 Å². The van der Waals surface area contributed by atoms with E-state index in [2.05, 4.69) is 238 Å². The summed E-state index contributed by atoms with van der Waals surface area (Å²) in [6.07, 6.45) is 0. The second-order valence-electron chi connectivity index (χ2n) is 16.9. The molecule has 0 N–H and O–H groups in total. The van der Waals surface area contributed by atoms with Gasteiger partial charge in [-0.05, 0) is 107 Å². The van der Waals surface area contributed by atoms with Gasteiger partial charge in [-0.3, -0.25) is 0 Å². The molecule has 0 aliphatic heterocycles. The number of benzene rings is 10. The molecule has 0 amide bonds. The molecule has 0 aliphatic rings. The molecular weight excluding hydrogens is 779 g/mol. The van der Waals surface area contributed by atoms with Crippen LogP contribution in [0.5, 0.6) is 0 Å². The molecule has 10 aromatic carbocycles. The molecule has 0 saturated carbocycles. The van der Waals surface area contributed by atoms with Gasteiger partial charge in [-0.25, -0.2) is 0 Å². The fourth-order valence-electron chi connectivity index (χ4n) is 10.6. The molecule has 0 saturated heterocycles. The topological polar surface area (TPSA) is 27.9 Å². The average molecular weight is 816 g/mol. The minimum Gasteiger partial charge on any atom is -0.456 e. The Balaban J connectivity index is 0.956. The lowest BCUT2D eigenvalue weighted by molar-refractivity contribution is 0.669. The maximum absolute atomic E-state index is 6.74. The number of nitrogens with zero attached hydrogens (tertiary/aromatic N) is 3. The smallest absolute Gasteiger partial charge is 0.137 e. The van der Waals surface area contributed by atoms with Crippen molar-refractivity contribution in [3.05, 3.63) is 224 Å². The van der Waals surface area contributed by atoms with E-state index in [4.69, 9.17) is 4.42 Å². The minimum absolute atomic E-state index is 0.867. The van der Waals surface area contributed by atoms with Gasteiger partial charge in [0.25, 0.3) is 0 Å². The normalized spacial score (nSPS) is 12.1. The van der Waals surface area contributed by atoms with Gasteiger partial charge in [-0.1, -0.05) is 140 Å². The average Bonchev–Trinajstić information content (AvgIpc) is 4.10. The summed E-state index contributed by atoms with van der Waals surface area (Å²) in [5.74, 6) is 0. The standard InChI is InChI=1S/C60H37N3O/c1-2-14-38(15-3-1)39-16-12-17-40(34-39)41-28-31-49-59(35-41)64-58-27-13-26-56(60(49)58)63-54-25-11-6-20-46(54)48-32-29-43(37-57(48)63)62-53-24-10-7-21-47(53)50-36-42(30-33-55(50)62)61-51-22-8-4-18-44(51)45-19-5-9-23-52(45)61/h1-37H. The Morgan fingerprint density at radius 2 is 0.734 bits per heavy atom. The fraction of sp³-hybridized carbons (Fsp3) is 0. The molecule has 0 unspecified atom stereocenters. The second-order valence-corrected chi connectivity index (χ2v) is 16.9. The van der Waals surface area contributed by atoms with Gasteiger partial charge < -0.3 is 18.1 Å². The Morgan fingerprint density at radius 1 is 0.250 bits per heavy atom. The molecule has 4 heterocycles. The maximum Gasteiger partial charge on any atom is 0.137 e. The number of para-hydroxylation sites is 4. The van der Waals surface area contributed by atoms with Gasteiger partial charge in [0.2, 0.25) is 0 Å². The second kappa shape index (κ2) is 13.4. The fourth-order valence-corrected chi connectivity index (χ4v) is 10.6. The van der Waals surface area contributed by atoms with E-state index in [1.54, 1.807) is 0 Å². The lowest BCUT2D eigenvalue weighted by Gasteiger charge is -2.13. The van der Waals surface area contributed by atoms with Crippen molar-refractivity contribution in [1.29, 1.82) is 0 Å². The van der Waals surface area contributed by atoms with E-state index in [9.17, 15) is 0 Å². The van der Waals surface area contributed by atoms with Crippen LogP contribution in [0.15, 0.2) is 229 Å². The van der Waals surface area contributed by atoms with Crippen LogP contribution in [0.3, 0.4) is 0 Å². The van der Waals surface area contributed by atoms with Gasteiger partial charge in [0.1, 0.15) is 11.2 Å². The molecule has 0 radical (unpaired) electrons. The SMILES string of the molecule is c1ccc(-c2cccc(-c3ccc4c(c3)oc3cccc(-n5c6ccccc6c6ccc(-n7c8ccccc8c8cc(-n9c%10ccccc%10c%10ccccc%109)ccc87)cc65)c34)c2)cc1. The van der Waals surface area contributed by atoms with Crippen LogP contribution in [-0.4, -0.2) is 13.7 Å². The highest BCUT2D eigenvalue weighted by atomic mass is 16.3. The third-order valence-corrected chi connectivity index (χ3v) is 13.4.